The third-order valence-corrected chi connectivity index (χ3v) is 3.80. The zero-order chi connectivity index (χ0) is 17.4. The summed E-state index contributed by atoms with van der Waals surface area (Å²) in [6.07, 6.45) is 0.00332. The van der Waals surface area contributed by atoms with Crippen LogP contribution in [0.5, 0.6) is 11.5 Å². The van der Waals surface area contributed by atoms with Crippen LogP contribution in [0.4, 0.5) is 0 Å². The number of aliphatic imine (C=N–C) groups is 1. The molecule has 1 heterocycles. The van der Waals surface area contributed by atoms with Gasteiger partial charge in [0.2, 0.25) is 0 Å². The lowest BCUT2D eigenvalue weighted by molar-refractivity contribution is -0.0945. The van der Waals surface area contributed by atoms with Crippen LogP contribution in [0, 0.1) is 5.41 Å². The minimum absolute atomic E-state index is 0.00332. The second-order valence-corrected chi connectivity index (χ2v) is 6.49. The molecule has 0 spiro atoms. The summed E-state index contributed by atoms with van der Waals surface area (Å²) in [5.74, 6) is 2.40. The van der Waals surface area contributed by atoms with Crippen LogP contribution in [-0.4, -0.2) is 52.0 Å². The van der Waals surface area contributed by atoms with Gasteiger partial charge in [-0.3, -0.25) is 4.99 Å². The summed E-state index contributed by atoms with van der Waals surface area (Å²) in [7, 11) is 1.65. The Hall–Kier alpha value is -1.95. The van der Waals surface area contributed by atoms with Gasteiger partial charge in [0.25, 0.3) is 0 Å². The summed E-state index contributed by atoms with van der Waals surface area (Å²) in [4.78, 5) is 4.65. The van der Waals surface area contributed by atoms with Crippen LogP contribution in [0.2, 0.25) is 0 Å². The molecule has 1 aromatic rings. The predicted molar refractivity (Wildman–Crippen MR) is 96.0 cm³/mol. The van der Waals surface area contributed by atoms with Gasteiger partial charge < -0.3 is 24.8 Å². The molecule has 0 bridgehead atoms. The van der Waals surface area contributed by atoms with Gasteiger partial charge in [-0.2, -0.15) is 0 Å². The molecule has 24 heavy (non-hydrogen) atoms. The summed E-state index contributed by atoms with van der Waals surface area (Å²) >= 11 is 0. The molecule has 1 fully saturated rings. The first-order valence-electron chi connectivity index (χ1n) is 8.45. The van der Waals surface area contributed by atoms with Gasteiger partial charge in [-0.15, -0.1) is 0 Å². The SMILES string of the molecule is CCNC(=NCC1(C)COC1)NCC(C)Oc1cccc(OC)c1. The molecule has 1 atom stereocenters. The molecule has 1 aliphatic heterocycles. The van der Waals surface area contributed by atoms with Crippen molar-refractivity contribution in [2.45, 2.75) is 26.9 Å². The van der Waals surface area contributed by atoms with Gasteiger partial charge in [-0.1, -0.05) is 13.0 Å². The lowest BCUT2D eigenvalue weighted by atomic mass is 9.89. The number of methoxy groups -OCH3 is 1. The van der Waals surface area contributed by atoms with Crippen molar-refractivity contribution in [2.24, 2.45) is 10.4 Å². The summed E-state index contributed by atoms with van der Waals surface area (Å²) in [6.45, 7) is 10.1. The Morgan fingerprint density at radius 2 is 2.08 bits per heavy atom. The molecule has 134 valence electrons. The Morgan fingerprint density at radius 3 is 2.71 bits per heavy atom. The topological polar surface area (TPSA) is 64.1 Å². The van der Waals surface area contributed by atoms with Gasteiger partial charge in [0.05, 0.1) is 33.4 Å². The molecule has 0 radical (unpaired) electrons. The van der Waals surface area contributed by atoms with E-state index in [0.29, 0.717) is 6.54 Å². The van der Waals surface area contributed by atoms with E-state index in [9.17, 15) is 0 Å². The summed E-state index contributed by atoms with van der Waals surface area (Å²) in [5.41, 5.74) is 0.172. The molecule has 0 aromatic heterocycles. The molecule has 2 rings (SSSR count). The van der Waals surface area contributed by atoms with Crippen molar-refractivity contribution in [3.63, 3.8) is 0 Å². The van der Waals surface area contributed by atoms with E-state index in [1.54, 1.807) is 7.11 Å². The number of rotatable bonds is 8. The number of hydrogen-bond donors (Lipinski definition) is 2. The molecule has 1 saturated heterocycles. The van der Waals surface area contributed by atoms with E-state index in [-0.39, 0.29) is 11.5 Å². The van der Waals surface area contributed by atoms with Crippen molar-refractivity contribution in [3.8, 4) is 11.5 Å². The normalized spacial score (nSPS) is 17.6. The first kappa shape index (κ1) is 18.4. The molecule has 0 aliphatic carbocycles. The summed E-state index contributed by atoms with van der Waals surface area (Å²) in [5, 5.41) is 6.60. The number of nitrogens with one attached hydrogen (secondary N) is 2. The average Bonchev–Trinajstić information content (AvgIpc) is 2.55. The Kier molecular flexibility index (Phi) is 6.73. The monoisotopic (exact) mass is 335 g/mol. The number of guanidine groups is 1. The Bertz CT molecular complexity index is 544. The molecule has 1 aliphatic rings. The van der Waals surface area contributed by atoms with E-state index in [1.807, 2.05) is 31.2 Å². The van der Waals surface area contributed by atoms with E-state index < -0.39 is 0 Å². The zero-order valence-electron chi connectivity index (χ0n) is 15.1. The minimum atomic E-state index is 0.00332. The van der Waals surface area contributed by atoms with Crippen LogP contribution in [0.25, 0.3) is 0 Å². The maximum absolute atomic E-state index is 5.92. The number of benzene rings is 1. The molecular weight excluding hydrogens is 306 g/mol. The fraction of sp³-hybridized carbons (Fsp3) is 0.611. The average molecular weight is 335 g/mol. The van der Waals surface area contributed by atoms with Crippen molar-refractivity contribution in [2.75, 3.05) is 40.0 Å². The van der Waals surface area contributed by atoms with E-state index in [1.165, 1.54) is 0 Å². The first-order valence-corrected chi connectivity index (χ1v) is 8.45. The van der Waals surface area contributed by atoms with Crippen molar-refractivity contribution >= 4 is 5.96 Å². The number of ether oxygens (including phenoxy) is 3. The van der Waals surface area contributed by atoms with Gasteiger partial charge in [-0.05, 0) is 26.0 Å². The standard InChI is InChI=1S/C18H29N3O3/c1-5-19-17(21-11-18(3)12-23-13-18)20-10-14(2)24-16-8-6-7-15(9-16)22-4/h6-9,14H,5,10-13H2,1-4H3,(H2,19,20,21). The highest BCUT2D eigenvalue weighted by molar-refractivity contribution is 5.79. The summed E-state index contributed by atoms with van der Waals surface area (Å²) < 4.78 is 16.4. The van der Waals surface area contributed by atoms with E-state index >= 15 is 0 Å². The van der Waals surface area contributed by atoms with Crippen LogP contribution in [0.15, 0.2) is 29.3 Å². The van der Waals surface area contributed by atoms with Crippen molar-refractivity contribution in [1.29, 1.82) is 0 Å². The molecule has 2 N–H and O–H groups in total. The maximum atomic E-state index is 5.92. The zero-order valence-corrected chi connectivity index (χ0v) is 15.1. The maximum Gasteiger partial charge on any atom is 0.191 e. The number of hydrogen-bond acceptors (Lipinski definition) is 4. The number of nitrogens with zero attached hydrogens (tertiary/aromatic N) is 1. The van der Waals surface area contributed by atoms with Gasteiger partial charge in [0, 0.05) is 18.0 Å². The lowest BCUT2D eigenvalue weighted by Gasteiger charge is -2.36. The highest BCUT2D eigenvalue weighted by Crippen LogP contribution is 2.26. The highest BCUT2D eigenvalue weighted by atomic mass is 16.5. The molecule has 1 unspecified atom stereocenters. The van der Waals surface area contributed by atoms with Crippen LogP contribution in [0.3, 0.4) is 0 Å². The van der Waals surface area contributed by atoms with E-state index in [0.717, 1.165) is 43.8 Å². The molecule has 1 aromatic carbocycles. The van der Waals surface area contributed by atoms with Gasteiger partial charge in [-0.25, -0.2) is 0 Å². The third-order valence-electron chi connectivity index (χ3n) is 3.80. The third kappa shape index (κ3) is 5.60. The van der Waals surface area contributed by atoms with Crippen molar-refractivity contribution in [3.05, 3.63) is 24.3 Å². The summed E-state index contributed by atoms with van der Waals surface area (Å²) in [6, 6.07) is 7.63. The Balaban J connectivity index is 1.82. The first-order chi connectivity index (χ1) is 11.5. The predicted octanol–water partition coefficient (Wildman–Crippen LogP) is 2.05. The molecular formula is C18H29N3O3. The highest BCUT2D eigenvalue weighted by Gasteiger charge is 2.33. The van der Waals surface area contributed by atoms with Crippen molar-refractivity contribution in [1.82, 2.24) is 10.6 Å². The Morgan fingerprint density at radius 1 is 1.33 bits per heavy atom. The largest absolute Gasteiger partial charge is 0.497 e. The fourth-order valence-corrected chi connectivity index (χ4v) is 2.34. The van der Waals surface area contributed by atoms with Crippen LogP contribution >= 0.6 is 0 Å². The molecule has 6 nitrogen and oxygen atoms in total. The van der Waals surface area contributed by atoms with Gasteiger partial charge in [0.1, 0.15) is 17.6 Å². The minimum Gasteiger partial charge on any atom is -0.497 e. The lowest BCUT2D eigenvalue weighted by Crippen LogP contribution is -2.45. The molecule has 6 heteroatoms. The second-order valence-electron chi connectivity index (χ2n) is 6.49. The van der Waals surface area contributed by atoms with E-state index in [2.05, 4.69) is 29.5 Å². The van der Waals surface area contributed by atoms with Crippen LogP contribution in [-0.2, 0) is 4.74 Å². The second kappa shape index (κ2) is 8.78. The smallest absolute Gasteiger partial charge is 0.191 e. The van der Waals surface area contributed by atoms with Crippen LogP contribution in [0.1, 0.15) is 20.8 Å². The molecule has 0 amide bonds. The van der Waals surface area contributed by atoms with Crippen LogP contribution < -0.4 is 20.1 Å². The van der Waals surface area contributed by atoms with Gasteiger partial charge >= 0.3 is 0 Å². The Labute approximate surface area is 144 Å². The van der Waals surface area contributed by atoms with Crippen molar-refractivity contribution < 1.29 is 14.2 Å². The fourth-order valence-electron chi connectivity index (χ4n) is 2.34. The van der Waals surface area contributed by atoms with E-state index in [4.69, 9.17) is 14.2 Å². The van der Waals surface area contributed by atoms with Gasteiger partial charge in [0.15, 0.2) is 5.96 Å². The molecule has 0 saturated carbocycles. The quantitative estimate of drug-likeness (QED) is 0.562.